The summed E-state index contributed by atoms with van der Waals surface area (Å²) in [6.07, 6.45) is 3.43. The van der Waals surface area contributed by atoms with E-state index in [2.05, 4.69) is 45.4 Å². The third-order valence-corrected chi connectivity index (χ3v) is 6.19. The first-order chi connectivity index (χ1) is 13.1. The van der Waals surface area contributed by atoms with Crippen LogP contribution < -0.4 is 10.6 Å². The van der Waals surface area contributed by atoms with Gasteiger partial charge in [-0.25, -0.2) is 4.98 Å². The summed E-state index contributed by atoms with van der Waals surface area (Å²) in [5.74, 6) is 2.82. The Morgan fingerprint density at radius 2 is 2.04 bits per heavy atom. The highest BCUT2D eigenvalue weighted by Gasteiger charge is 2.26. The predicted molar refractivity (Wildman–Crippen MR) is 112 cm³/mol. The molecule has 1 aliphatic rings. The summed E-state index contributed by atoms with van der Waals surface area (Å²) in [5, 5.41) is 8.06. The van der Waals surface area contributed by atoms with E-state index in [0.29, 0.717) is 0 Å². The fourth-order valence-electron chi connectivity index (χ4n) is 3.44. The number of aryl methyl sites for hydroxylation is 3. The fraction of sp³-hybridized carbons (Fsp3) is 0.600. The molecule has 148 valence electrons. The quantitative estimate of drug-likeness (QED) is 0.562. The molecule has 0 bridgehead atoms. The van der Waals surface area contributed by atoms with Crippen LogP contribution >= 0.6 is 11.3 Å². The second-order valence-electron chi connectivity index (χ2n) is 7.09. The zero-order chi connectivity index (χ0) is 19.2. The third-order valence-electron chi connectivity index (χ3n) is 5.06. The molecule has 27 heavy (non-hydrogen) atoms. The van der Waals surface area contributed by atoms with Gasteiger partial charge in [-0.05, 0) is 58.8 Å². The van der Waals surface area contributed by atoms with Crippen molar-refractivity contribution in [3.63, 3.8) is 0 Å². The molecule has 3 rings (SSSR count). The summed E-state index contributed by atoms with van der Waals surface area (Å²) >= 11 is 1.78. The van der Waals surface area contributed by atoms with Crippen molar-refractivity contribution in [1.82, 2.24) is 20.5 Å². The zero-order valence-corrected chi connectivity index (χ0v) is 17.7. The Kier molecular flexibility index (Phi) is 6.90. The van der Waals surface area contributed by atoms with E-state index < -0.39 is 0 Å². The van der Waals surface area contributed by atoms with Crippen LogP contribution in [0.4, 0.5) is 0 Å². The first-order valence-corrected chi connectivity index (χ1v) is 10.6. The molecule has 1 aliphatic heterocycles. The Morgan fingerprint density at radius 3 is 2.63 bits per heavy atom. The number of thiazole rings is 1. The van der Waals surface area contributed by atoms with Gasteiger partial charge in [0.1, 0.15) is 11.5 Å². The van der Waals surface area contributed by atoms with Crippen molar-refractivity contribution in [1.29, 1.82) is 0 Å². The van der Waals surface area contributed by atoms with E-state index in [9.17, 15) is 0 Å². The van der Waals surface area contributed by atoms with E-state index >= 15 is 0 Å². The Balaban J connectivity index is 1.53. The standard InChI is InChI=1S/C20H31N5OS/c1-14-7-8-18(26-14)17(25-11-5-6-12-25)13-23-20(21-4)22-10-9-19-24-15(2)16(3)27-19/h7-8,17H,5-6,9-13H2,1-4H3,(H2,21,22,23). The van der Waals surface area contributed by atoms with E-state index in [0.717, 1.165) is 55.8 Å². The molecule has 1 fully saturated rings. The van der Waals surface area contributed by atoms with Crippen LogP contribution in [0.15, 0.2) is 21.5 Å². The molecule has 1 atom stereocenters. The summed E-state index contributed by atoms with van der Waals surface area (Å²) in [7, 11) is 1.81. The van der Waals surface area contributed by atoms with Crippen LogP contribution in [0.3, 0.4) is 0 Å². The number of nitrogens with one attached hydrogen (secondary N) is 2. The first kappa shape index (κ1) is 19.9. The lowest BCUT2D eigenvalue weighted by atomic mass is 10.2. The van der Waals surface area contributed by atoms with Gasteiger partial charge in [0.05, 0.1) is 16.7 Å². The summed E-state index contributed by atoms with van der Waals surface area (Å²) < 4.78 is 5.93. The highest BCUT2D eigenvalue weighted by molar-refractivity contribution is 7.11. The van der Waals surface area contributed by atoms with Crippen molar-refractivity contribution in [2.45, 2.75) is 46.1 Å². The number of aromatic nitrogens is 1. The van der Waals surface area contributed by atoms with E-state index in [1.54, 1.807) is 11.3 Å². The van der Waals surface area contributed by atoms with Crippen LogP contribution in [0.2, 0.25) is 0 Å². The number of hydrogen-bond donors (Lipinski definition) is 2. The molecule has 1 unspecified atom stereocenters. The largest absolute Gasteiger partial charge is 0.465 e. The van der Waals surface area contributed by atoms with Gasteiger partial charge in [-0.15, -0.1) is 11.3 Å². The first-order valence-electron chi connectivity index (χ1n) is 9.74. The average Bonchev–Trinajstić information content (AvgIpc) is 3.38. The fourth-order valence-corrected chi connectivity index (χ4v) is 4.38. The van der Waals surface area contributed by atoms with Crippen LogP contribution in [-0.4, -0.2) is 49.1 Å². The minimum Gasteiger partial charge on any atom is -0.465 e. The molecular formula is C20H31N5OS. The van der Waals surface area contributed by atoms with Gasteiger partial charge in [0, 0.05) is 31.4 Å². The van der Waals surface area contributed by atoms with Gasteiger partial charge in [0.2, 0.25) is 0 Å². The van der Waals surface area contributed by atoms with Crippen molar-refractivity contribution < 1.29 is 4.42 Å². The Labute approximate surface area is 166 Å². The minimum atomic E-state index is 0.240. The highest BCUT2D eigenvalue weighted by atomic mass is 32.1. The number of hydrogen-bond acceptors (Lipinski definition) is 5. The number of likely N-dealkylation sites (tertiary alicyclic amines) is 1. The molecule has 0 saturated carbocycles. The Morgan fingerprint density at radius 1 is 1.26 bits per heavy atom. The van der Waals surface area contributed by atoms with Gasteiger partial charge in [-0.3, -0.25) is 9.89 Å². The van der Waals surface area contributed by atoms with E-state index in [-0.39, 0.29) is 6.04 Å². The second-order valence-corrected chi connectivity index (χ2v) is 8.37. The SMILES string of the molecule is CN=C(NCCc1nc(C)c(C)s1)NCC(c1ccc(C)o1)N1CCCC1. The van der Waals surface area contributed by atoms with Crippen LogP contribution in [-0.2, 0) is 6.42 Å². The molecule has 2 aromatic heterocycles. The van der Waals surface area contributed by atoms with Gasteiger partial charge in [-0.1, -0.05) is 0 Å². The zero-order valence-electron chi connectivity index (χ0n) is 16.8. The maximum absolute atomic E-state index is 5.93. The van der Waals surface area contributed by atoms with Gasteiger partial charge < -0.3 is 15.1 Å². The lowest BCUT2D eigenvalue weighted by Crippen LogP contribution is -2.43. The normalized spacial score (nSPS) is 16.7. The molecule has 0 radical (unpaired) electrons. The maximum atomic E-state index is 5.93. The topological polar surface area (TPSA) is 65.7 Å². The van der Waals surface area contributed by atoms with Crippen LogP contribution in [0, 0.1) is 20.8 Å². The summed E-state index contributed by atoms with van der Waals surface area (Å²) in [6.45, 7) is 10.0. The molecule has 6 nitrogen and oxygen atoms in total. The molecule has 0 amide bonds. The molecule has 1 saturated heterocycles. The Hall–Kier alpha value is -1.86. The smallest absolute Gasteiger partial charge is 0.191 e. The van der Waals surface area contributed by atoms with Crippen molar-refractivity contribution in [2.75, 3.05) is 33.2 Å². The van der Waals surface area contributed by atoms with Crippen molar-refractivity contribution in [3.8, 4) is 0 Å². The molecule has 2 N–H and O–H groups in total. The monoisotopic (exact) mass is 389 g/mol. The Bertz CT molecular complexity index is 741. The second kappa shape index (κ2) is 9.37. The van der Waals surface area contributed by atoms with Crippen molar-refractivity contribution in [2.24, 2.45) is 4.99 Å². The molecule has 3 heterocycles. The summed E-state index contributed by atoms with van der Waals surface area (Å²) in [6, 6.07) is 4.39. The van der Waals surface area contributed by atoms with Gasteiger partial charge >= 0.3 is 0 Å². The molecule has 7 heteroatoms. The molecule has 2 aromatic rings. The van der Waals surface area contributed by atoms with Crippen LogP contribution in [0.5, 0.6) is 0 Å². The lowest BCUT2D eigenvalue weighted by molar-refractivity contribution is 0.213. The van der Waals surface area contributed by atoms with E-state index in [1.807, 2.05) is 20.0 Å². The van der Waals surface area contributed by atoms with E-state index in [4.69, 9.17) is 4.42 Å². The van der Waals surface area contributed by atoms with Crippen molar-refractivity contribution in [3.05, 3.63) is 39.2 Å². The van der Waals surface area contributed by atoms with Gasteiger partial charge in [0.25, 0.3) is 0 Å². The summed E-state index contributed by atoms with van der Waals surface area (Å²) in [5.41, 5.74) is 1.14. The predicted octanol–water partition coefficient (Wildman–Crippen LogP) is 3.21. The average molecular weight is 390 g/mol. The number of aliphatic imine (C=N–C) groups is 1. The van der Waals surface area contributed by atoms with E-state index in [1.165, 1.54) is 22.7 Å². The molecule has 0 aliphatic carbocycles. The molecular weight excluding hydrogens is 358 g/mol. The van der Waals surface area contributed by atoms with Gasteiger partial charge in [0.15, 0.2) is 5.96 Å². The van der Waals surface area contributed by atoms with Crippen LogP contribution in [0.25, 0.3) is 0 Å². The molecule has 0 spiro atoms. The number of rotatable bonds is 7. The third kappa shape index (κ3) is 5.32. The van der Waals surface area contributed by atoms with Crippen LogP contribution in [0.1, 0.15) is 46.0 Å². The highest BCUT2D eigenvalue weighted by Crippen LogP contribution is 2.26. The number of guanidine groups is 1. The van der Waals surface area contributed by atoms with Crippen molar-refractivity contribution >= 4 is 17.3 Å². The maximum Gasteiger partial charge on any atom is 0.191 e. The lowest BCUT2D eigenvalue weighted by Gasteiger charge is -2.26. The number of furan rings is 1. The minimum absolute atomic E-state index is 0.240. The summed E-state index contributed by atoms with van der Waals surface area (Å²) in [4.78, 5) is 12.8. The molecule has 0 aromatic carbocycles. The van der Waals surface area contributed by atoms with Gasteiger partial charge in [-0.2, -0.15) is 0 Å². The number of nitrogens with zero attached hydrogens (tertiary/aromatic N) is 3.